The van der Waals surface area contributed by atoms with Crippen molar-refractivity contribution in [2.24, 2.45) is 0 Å². The SMILES string of the molecule is CC(C)Oc1cccc(N(CCO)CCO)c1N. The first-order valence-electron chi connectivity index (χ1n) is 6.12. The summed E-state index contributed by atoms with van der Waals surface area (Å²) in [5.41, 5.74) is 7.37. The van der Waals surface area contributed by atoms with Crippen LogP contribution < -0.4 is 15.4 Å². The Hall–Kier alpha value is -1.46. The molecule has 0 amide bonds. The average Bonchev–Trinajstić information content (AvgIpc) is 2.31. The lowest BCUT2D eigenvalue weighted by Crippen LogP contribution is -2.30. The molecular weight excluding hydrogens is 232 g/mol. The summed E-state index contributed by atoms with van der Waals surface area (Å²) in [5.74, 6) is 0.628. The van der Waals surface area contributed by atoms with E-state index in [0.717, 1.165) is 5.69 Å². The number of hydrogen-bond donors (Lipinski definition) is 3. The molecule has 0 aliphatic carbocycles. The van der Waals surface area contributed by atoms with E-state index in [1.165, 1.54) is 0 Å². The van der Waals surface area contributed by atoms with Crippen molar-refractivity contribution in [3.05, 3.63) is 18.2 Å². The predicted octanol–water partition coefficient (Wildman–Crippen LogP) is 0.847. The van der Waals surface area contributed by atoms with E-state index in [1.54, 1.807) is 0 Å². The summed E-state index contributed by atoms with van der Waals surface area (Å²) in [6.45, 7) is 4.74. The number of ether oxygens (including phenoxy) is 1. The van der Waals surface area contributed by atoms with Crippen LogP contribution >= 0.6 is 0 Å². The number of aliphatic hydroxyl groups excluding tert-OH is 2. The zero-order chi connectivity index (χ0) is 13.5. The molecule has 0 atom stereocenters. The van der Waals surface area contributed by atoms with Gasteiger partial charge in [-0.25, -0.2) is 0 Å². The smallest absolute Gasteiger partial charge is 0.144 e. The van der Waals surface area contributed by atoms with E-state index in [4.69, 9.17) is 20.7 Å². The van der Waals surface area contributed by atoms with Crippen molar-refractivity contribution >= 4 is 11.4 Å². The number of hydrogen-bond acceptors (Lipinski definition) is 5. The fraction of sp³-hybridized carbons (Fsp3) is 0.538. The largest absolute Gasteiger partial charge is 0.489 e. The topological polar surface area (TPSA) is 79.0 Å². The minimum Gasteiger partial charge on any atom is -0.489 e. The van der Waals surface area contributed by atoms with Crippen molar-refractivity contribution in [1.82, 2.24) is 0 Å². The molecular formula is C13H22N2O3. The quantitative estimate of drug-likeness (QED) is 0.629. The molecule has 0 spiro atoms. The van der Waals surface area contributed by atoms with Crippen LogP contribution in [-0.4, -0.2) is 42.6 Å². The second-order valence-electron chi connectivity index (χ2n) is 4.29. The minimum absolute atomic E-state index is 0.00864. The molecule has 5 nitrogen and oxygen atoms in total. The molecule has 1 rings (SSSR count). The zero-order valence-electron chi connectivity index (χ0n) is 11.0. The van der Waals surface area contributed by atoms with E-state index in [0.29, 0.717) is 24.5 Å². The molecule has 0 fully saturated rings. The van der Waals surface area contributed by atoms with E-state index in [-0.39, 0.29) is 19.3 Å². The molecule has 0 unspecified atom stereocenters. The van der Waals surface area contributed by atoms with Crippen LogP contribution in [0.4, 0.5) is 11.4 Å². The van der Waals surface area contributed by atoms with Gasteiger partial charge >= 0.3 is 0 Å². The molecule has 0 aliphatic rings. The Bertz CT molecular complexity index is 363. The number of anilines is 2. The molecule has 4 N–H and O–H groups in total. The van der Waals surface area contributed by atoms with E-state index in [9.17, 15) is 0 Å². The van der Waals surface area contributed by atoms with E-state index in [2.05, 4.69) is 0 Å². The molecule has 1 aromatic carbocycles. The van der Waals surface area contributed by atoms with Gasteiger partial charge in [0.2, 0.25) is 0 Å². The monoisotopic (exact) mass is 254 g/mol. The standard InChI is InChI=1S/C13H22N2O3/c1-10(2)18-12-5-3-4-11(13(12)14)15(6-8-16)7-9-17/h3-5,10,16-17H,6-9,14H2,1-2H3. The highest BCUT2D eigenvalue weighted by atomic mass is 16.5. The summed E-state index contributed by atoms with van der Waals surface area (Å²) >= 11 is 0. The third kappa shape index (κ3) is 3.78. The second-order valence-corrected chi connectivity index (χ2v) is 4.29. The second kappa shape index (κ2) is 7.08. The van der Waals surface area contributed by atoms with Crippen LogP contribution in [0.25, 0.3) is 0 Å². The summed E-state index contributed by atoms with van der Waals surface area (Å²) in [6.07, 6.45) is 0.0479. The van der Waals surface area contributed by atoms with E-state index < -0.39 is 0 Å². The van der Waals surface area contributed by atoms with Gasteiger partial charge in [0.15, 0.2) is 0 Å². The van der Waals surface area contributed by atoms with E-state index >= 15 is 0 Å². The maximum Gasteiger partial charge on any atom is 0.144 e. The Morgan fingerprint density at radius 2 is 1.83 bits per heavy atom. The van der Waals surface area contributed by atoms with Crippen LogP contribution in [-0.2, 0) is 0 Å². The van der Waals surface area contributed by atoms with E-state index in [1.807, 2.05) is 36.9 Å². The lowest BCUT2D eigenvalue weighted by molar-refractivity contribution is 0.243. The lowest BCUT2D eigenvalue weighted by Gasteiger charge is -2.25. The van der Waals surface area contributed by atoms with Gasteiger partial charge in [0.25, 0.3) is 0 Å². The highest BCUT2D eigenvalue weighted by Crippen LogP contribution is 2.32. The highest BCUT2D eigenvalue weighted by molar-refractivity contribution is 5.74. The molecule has 5 heteroatoms. The van der Waals surface area contributed by atoms with Crippen molar-refractivity contribution in [1.29, 1.82) is 0 Å². The summed E-state index contributed by atoms with van der Waals surface area (Å²) in [7, 11) is 0. The fourth-order valence-corrected chi connectivity index (χ4v) is 1.76. The van der Waals surface area contributed by atoms with Crippen LogP contribution in [0.2, 0.25) is 0 Å². The molecule has 0 radical (unpaired) electrons. The molecule has 0 aromatic heterocycles. The van der Waals surface area contributed by atoms with Crippen LogP contribution in [0.15, 0.2) is 18.2 Å². The first kappa shape index (κ1) is 14.6. The molecule has 0 aliphatic heterocycles. The van der Waals surface area contributed by atoms with Gasteiger partial charge in [-0.2, -0.15) is 0 Å². The van der Waals surface area contributed by atoms with Gasteiger partial charge in [-0.05, 0) is 26.0 Å². The molecule has 1 aromatic rings. The molecule has 0 saturated carbocycles. The Balaban J connectivity index is 2.99. The molecule has 0 heterocycles. The number of para-hydroxylation sites is 1. The van der Waals surface area contributed by atoms with Crippen molar-refractivity contribution in [2.45, 2.75) is 20.0 Å². The number of benzene rings is 1. The Labute approximate surface area is 108 Å². The third-order valence-electron chi connectivity index (χ3n) is 2.49. The highest BCUT2D eigenvalue weighted by Gasteiger charge is 2.13. The van der Waals surface area contributed by atoms with Gasteiger partial charge in [0.1, 0.15) is 5.75 Å². The van der Waals surface area contributed by atoms with Gasteiger partial charge in [-0.15, -0.1) is 0 Å². The summed E-state index contributed by atoms with van der Waals surface area (Å²) in [4.78, 5) is 1.84. The first-order valence-corrected chi connectivity index (χ1v) is 6.12. The number of nitrogens with zero attached hydrogens (tertiary/aromatic N) is 1. The Morgan fingerprint density at radius 1 is 1.22 bits per heavy atom. The van der Waals surface area contributed by atoms with Gasteiger partial charge in [-0.1, -0.05) is 6.07 Å². The van der Waals surface area contributed by atoms with Gasteiger partial charge < -0.3 is 25.6 Å². The van der Waals surface area contributed by atoms with Crippen LogP contribution in [0.3, 0.4) is 0 Å². The lowest BCUT2D eigenvalue weighted by atomic mass is 10.2. The molecule has 18 heavy (non-hydrogen) atoms. The van der Waals surface area contributed by atoms with Gasteiger partial charge in [0.05, 0.1) is 30.7 Å². The fourth-order valence-electron chi connectivity index (χ4n) is 1.76. The third-order valence-corrected chi connectivity index (χ3v) is 2.49. The van der Waals surface area contributed by atoms with Crippen molar-refractivity contribution < 1.29 is 14.9 Å². The molecule has 0 saturated heterocycles. The summed E-state index contributed by atoms with van der Waals surface area (Å²) in [5, 5.41) is 18.1. The molecule has 102 valence electrons. The van der Waals surface area contributed by atoms with Crippen LogP contribution in [0.1, 0.15) is 13.8 Å². The summed E-state index contributed by atoms with van der Waals surface area (Å²) < 4.78 is 5.62. The number of nitrogen functional groups attached to an aromatic ring is 1. The van der Waals surface area contributed by atoms with Crippen molar-refractivity contribution in [3.63, 3.8) is 0 Å². The maximum atomic E-state index is 9.03. The van der Waals surface area contributed by atoms with Gasteiger partial charge in [-0.3, -0.25) is 0 Å². The van der Waals surface area contributed by atoms with Crippen molar-refractivity contribution in [2.75, 3.05) is 36.9 Å². The normalized spacial score (nSPS) is 10.7. The number of aliphatic hydroxyl groups is 2. The van der Waals surface area contributed by atoms with Gasteiger partial charge in [0, 0.05) is 13.1 Å². The summed E-state index contributed by atoms with van der Waals surface area (Å²) in [6, 6.07) is 5.52. The van der Waals surface area contributed by atoms with Crippen LogP contribution in [0, 0.1) is 0 Å². The Morgan fingerprint density at radius 3 is 2.33 bits per heavy atom. The number of nitrogens with two attached hydrogens (primary N) is 1. The minimum atomic E-state index is 0.00864. The maximum absolute atomic E-state index is 9.03. The Kier molecular flexibility index (Phi) is 5.74. The zero-order valence-corrected chi connectivity index (χ0v) is 11.0. The number of rotatable bonds is 7. The first-order chi connectivity index (χ1) is 8.60. The van der Waals surface area contributed by atoms with Crippen LogP contribution in [0.5, 0.6) is 5.75 Å². The van der Waals surface area contributed by atoms with Crippen molar-refractivity contribution in [3.8, 4) is 5.75 Å². The predicted molar refractivity (Wildman–Crippen MR) is 73.0 cm³/mol. The molecule has 0 bridgehead atoms. The average molecular weight is 254 g/mol.